The highest BCUT2D eigenvalue weighted by Crippen LogP contribution is 2.16. The number of rotatable bonds is 3. The molecule has 1 N–H and O–H groups in total. The first-order valence-electron chi connectivity index (χ1n) is 5.58. The fourth-order valence-corrected chi connectivity index (χ4v) is 1.76. The molecular weight excluding hydrogens is 276 g/mol. The number of nitrogens with one attached hydrogen (secondary N) is 1. The van der Waals surface area contributed by atoms with Crippen molar-refractivity contribution in [2.24, 2.45) is 0 Å². The van der Waals surface area contributed by atoms with Crippen LogP contribution in [0.15, 0.2) is 40.9 Å². The minimum Gasteiger partial charge on any atom is -0.366 e. The van der Waals surface area contributed by atoms with Gasteiger partial charge in [0, 0.05) is 11.0 Å². The van der Waals surface area contributed by atoms with Crippen LogP contribution in [-0.4, -0.2) is 4.98 Å². The molecule has 88 valence electrons. The van der Waals surface area contributed by atoms with Gasteiger partial charge in [-0.15, -0.1) is 0 Å². The van der Waals surface area contributed by atoms with Crippen molar-refractivity contribution in [3.8, 4) is 0 Å². The second kappa shape index (κ2) is 5.32. The van der Waals surface area contributed by atoms with Gasteiger partial charge < -0.3 is 5.32 Å². The van der Waals surface area contributed by atoms with Gasteiger partial charge in [-0.1, -0.05) is 29.8 Å². The standard InChI is InChI=1S/C14H15BrN2/c1-10-3-5-12(6-4-10)9-16-14-8-7-13(15)11(2)17-14/h3-8H,9H2,1-2H3,(H,16,17). The van der Waals surface area contributed by atoms with Crippen molar-refractivity contribution in [1.82, 2.24) is 4.98 Å². The van der Waals surface area contributed by atoms with Gasteiger partial charge in [0.2, 0.25) is 0 Å². The predicted molar refractivity (Wildman–Crippen MR) is 75.2 cm³/mol. The van der Waals surface area contributed by atoms with E-state index in [0.717, 1.165) is 22.5 Å². The first-order chi connectivity index (χ1) is 8.15. The van der Waals surface area contributed by atoms with Crippen LogP contribution in [0.4, 0.5) is 5.82 Å². The van der Waals surface area contributed by atoms with Crippen molar-refractivity contribution < 1.29 is 0 Å². The Labute approximate surface area is 110 Å². The third-order valence-corrected chi connectivity index (χ3v) is 3.45. The van der Waals surface area contributed by atoms with E-state index in [4.69, 9.17) is 0 Å². The number of benzene rings is 1. The summed E-state index contributed by atoms with van der Waals surface area (Å²) >= 11 is 3.44. The minimum absolute atomic E-state index is 0.800. The van der Waals surface area contributed by atoms with Crippen LogP contribution in [0.25, 0.3) is 0 Å². The first-order valence-corrected chi connectivity index (χ1v) is 6.37. The Kier molecular flexibility index (Phi) is 3.79. The van der Waals surface area contributed by atoms with E-state index in [1.807, 2.05) is 19.1 Å². The number of halogens is 1. The summed E-state index contributed by atoms with van der Waals surface area (Å²) in [6.45, 7) is 4.88. The highest BCUT2D eigenvalue weighted by Gasteiger charge is 1.99. The van der Waals surface area contributed by atoms with Crippen LogP contribution in [0.3, 0.4) is 0 Å². The molecule has 0 bridgehead atoms. The van der Waals surface area contributed by atoms with E-state index in [9.17, 15) is 0 Å². The van der Waals surface area contributed by atoms with Crippen LogP contribution < -0.4 is 5.32 Å². The van der Waals surface area contributed by atoms with Crippen molar-refractivity contribution in [3.63, 3.8) is 0 Å². The van der Waals surface area contributed by atoms with Crippen LogP contribution in [0.2, 0.25) is 0 Å². The summed E-state index contributed by atoms with van der Waals surface area (Å²) in [7, 11) is 0. The molecule has 2 nitrogen and oxygen atoms in total. The fraction of sp³-hybridized carbons (Fsp3) is 0.214. The maximum absolute atomic E-state index is 4.45. The molecule has 2 aromatic rings. The maximum Gasteiger partial charge on any atom is 0.126 e. The molecule has 1 aromatic heterocycles. The number of hydrogen-bond donors (Lipinski definition) is 1. The van der Waals surface area contributed by atoms with Crippen molar-refractivity contribution >= 4 is 21.7 Å². The zero-order valence-corrected chi connectivity index (χ0v) is 11.6. The molecule has 0 radical (unpaired) electrons. The molecule has 0 fully saturated rings. The van der Waals surface area contributed by atoms with Gasteiger partial charge in [0.15, 0.2) is 0 Å². The van der Waals surface area contributed by atoms with Crippen molar-refractivity contribution in [1.29, 1.82) is 0 Å². The van der Waals surface area contributed by atoms with E-state index in [0.29, 0.717) is 0 Å². The van der Waals surface area contributed by atoms with E-state index < -0.39 is 0 Å². The molecule has 0 unspecified atom stereocenters. The van der Waals surface area contributed by atoms with Crippen LogP contribution in [0, 0.1) is 13.8 Å². The Bertz CT molecular complexity index is 506. The normalized spacial score (nSPS) is 10.3. The number of nitrogens with zero attached hydrogens (tertiary/aromatic N) is 1. The summed E-state index contributed by atoms with van der Waals surface area (Å²) in [5, 5.41) is 3.32. The van der Waals surface area contributed by atoms with Crippen molar-refractivity contribution in [3.05, 3.63) is 57.7 Å². The Balaban J connectivity index is 2.02. The third-order valence-electron chi connectivity index (χ3n) is 2.62. The van der Waals surface area contributed by atoms with E-state index in [2.05, 4.69) is 57.4 Å². The first kappa shape index (κ1) is 12.1. The van der Waals surface area contributed by atoms with Gasteiger partial charge in [0.05, 0.1) is 5.69 Å². The number of aryl methyl sites for hydroxylation is 2. The van der Waals surface area contributed by atoms with Gasteiger partial charge in [-0.3, -0.25) is 0 Å². The van der Waals surface area contributed by atoms with Crippen LogP contribution >= 0.6 is 15.9 Å². The number of pyridine rings is 1. The zero-order chi connectivity index (χ0) is 12.3. The summed E-state index contributed by atoms with van der Waals surface area (Å²) in [5.74, 6) is 0.909. The average molecular weight is 291 g/mol. The van der Waals surface area contributed by atoms with E-state index in [-0.39, 0.29) is 0 Å². The molecule has 1 aromatic carbocycles. The SMILES string of the molecule is Cc1ccc(CNc2ccc(Br)c(C)n2)cc1. The molecule has 0 aliphatic heterocycles. The molecule has 0 aliphatic rings. The minimum atomic E-state index is 0.800. The van der Waals surface area contributed by atoms with Crippen LogP contribution in [0.5, 0.6) is 0 Å². The molecule has 0 amide bonds. The van der Waals surface area contributed by atoms with Gasteiger partial charge in [-0.05, 0) is 47.5 Å². The van der Waals surface area contributed by atoms with E-state index >= 15 is 0 Å². The molecule has 0 saturated heterocycles. The second-order valence-corrected chi connectivity index (χ2v) is 4.96. The topological polar surface area (TPSA) is 24.9 Å². The number of anilines is 1. The molecule has 0 spiro atoms. The highest BCUT2D eigenvalue weighted by atomic mass is 79.9. The summed E-state index contributed by atoms with van der Waals surface area (Å²) in [5.41, 5.74) is 3.54. The Morgan fingerprint density at radius 1 is 1.06 bits per heavy atom. The zero-order valence-electron chi connectivity index (χ0n) is 10.00. The smallest absolute Gasteiger partial charge is 0.126 e. The van der Waals surface area contributed by atoms with E-state index in [1.165, 1.54) is 11.1 Å². The van der Waals surface area contributed by atoms with Crippen LogP contribution in [-0.2, 0) is 6.54 Å². The van der Waals surface area contributed by atoms with Gasteiger partial charge in [0.25, 0.3) is 0 Å². The lowest BCUT2D eigenvalue weighted by Crippen LogP contribution is -2.02. The molecule has 0 atom stereocenters. The molecule has 1 heterocycles. The molecular formula is C14H15BrN2. The van der Waals surface area contributed by atoms with E-state index in [1.54, 1.807) is 0 Å². The summed E-state index contributed by atoms with van der Waals surface area (Å²) in [6.07, 6.45) is 0. The number of aromatic nitrogens is 1. The molecule has 3 heteroatoms. The van der Waals surface area contributed by atoms with Gasteiger partial charge in [-0.25, -0.2) is 4.98 Å². The highest BCUT2D eigenvalue weighted by molar-refractivity contribution is 9.10. The largest absolute Gasteiger partial charge is 0.366 e. The third kappa shape index (κ3) is 3.30. The Hall–Kier alpha value is -1.35. The molecule has 17 heavy (non-hydrogen) atoms. The average Bonchev–Trinajstić information content (AvgIpc) is 2.33. The summed E-state index contributed by atoms with van der Waals surface area (Å²) < 4.78 is 1.04. The molecule has 0 saturated carbocycles. The van der Waals surface area contributed by atoms with Crippen molar-refractivity contribution in [2.45, 2.75) is 20.4 Å². The predicted octanol–water partition coefficient (Wildman–Crippen LogP) is 4.07. The van der Waals surface area contributed by atoms with Crippen LogP contribution in [0.1, 0.15) is 16.8 Å². The summed E-state index contributed by atoms with van der Waals surface area (Å²) in [4.78, 5) is 4.45. The lowest BCUT2D eigenvalue weighted by Gasteiger charge is -2.07. The van der Waals surface area contributed by atoms with Gasteiger partial charge >= 0.3 is 0 Å². The lowest BCUT2D eigenvalue weighted by molar-refractivity contribution is 1.08. The quantitative estimate of drug-likeness (QED) is 0.922. The fourth-order valence-electron chi connectivity index (χ4n) is 1.54. The van der Waals surface area contributed by atoms with Gasteiger partial charge in [-0.2, -0.15) is 0 Å². The lowest BCUT2D eigenvalue weighted by atomic mass is 10.1. The Morgan fingerprint density at radius 2 is 1.76 bits per heavy atom. The second-order valence-electron chi connectivity index (χ2n) is 4.10. The van der Waals surface area contributed by atoms with Gasteiger partial charge in [0.1, 0.15) is 5.82 Å². The summed E-state index contributed by atoms with van der Waals surface area (Å²) in [6, 6.07) is 12.5. The van der Waals surface area contributed by atoms with Crippen molar-refractivity contribution in [2.75, 3.05) is 5.32 Å². The monoisotopic (exact) mass is 290 g/mol. The Morgan fingerprint density at radius 3 is 2.41 bits per heavy atom. The number of hydrogen-bond acceptors (Lipinski definition) is 2. The maximum atomic E-state index is 4.45. The molecule has 2 rings (SSSR count). The molecule has 0 aliphatic carbocycles.